The molecule has 0 aliphatic carbocycles. The number of carbonyl (C=O) groups is 1. The Morgan fingerprint density at radius 2 is 2.04 bits per heavy atom. The van der Waals surface area contributed by atoms with Crippen molar-refractivity contribution >= 4 is 33.6 Å². The second-order valence-corrected chi connectivity index (χ2v) is 5.74. The summed E-state index contributed by atoms with van der Waals surface area (Å²) in [5.74, 6) is 0.635. The molecule has 0 bridgehead atoms. The first-order chi connectivity index (χ1) is 12.2. The number of aromatic amines is 1. The molecule has 0 unspecified atom stereocenters. The number of nitrogens with one attached hydrogen (secondary N) is 2. The summed E-state index contributed by atoms with van der Waals surface area (Å²) in [5, 5.41) is 3.25. The van der Waals surface area contributed by atoms with Crippen LogP contribution in [0.1, 0.15) is 12.2 Å². The molecule has 6 heteroatoms. The van der Waals surface area contributed by atoms with E-state index in [-0.39, 0.29) is 11.3 Å². The van der Waals surface area contributed by atoms with Crippen LogP contribution >= 0.6 is 0 Å². The largest absolute Gasteiger partial charge is 0.464 e. The number of imidazole rings is 1. The summed E-state index contributed by atoms with van der Waals surface area (Å²) < 4.78 is 5.26. The van der Waals surface area contributed by atoms with Gasteiger partial charge in [0.05, 0.1) is 22.7 Å². The van der Waals surface area contributed by atoms with Crippen LogP contribution in [0.25, 0.3) is 22.0 Å². The molecule has 0 atom stereocenters. The number of aromatic nitrogens is 2. The van der Waals surface area contributed by atoms with E-state index in [0.717, 1.165) is 16.9 Å². The molecule has 0 radical (unpaired) electrons. The van der Waals surface area contributed by atoms with Gasteiger partial charge in [0, 0.05) is 24.6 Å². The SMILES string of the molecule is O=C(CCc1nc2ccccc2[nH]1)Nc1ccc2occc(=O)c2c1. The van der Waals surface area contributed by atoms with E-state index in [1.807, 2.05) is 24.3 Å². The smallest absolute Gasteiger partial charge is 0.224 e. The van der Waals surface area contributed by atoms with E-state index in [9.17, 15) is 9.59 Å². The average molecular weight is 333 g/mol. The first kappa shape index (κ1) is 15.1. The van der Waals surface area contributed by atoms with Crippen LogP contribution in [-0.4, -0.2) is 15.9 Å². The second kappa shape index (κ2) is 6.24. The number of carbonyl (C=O) groups excluding carboxylic acids is 1. The van der Waals surface area contributed by atoms with Gasteiger partial charge >= 0.3 is 0 Å². The molecule has 2 heterocycles. The molecule has 0 aliphatic heterocycles. The molecule has 25 heavy (non-hydrogen) atoms. The molecular formula is C19H15N3O3. The number of hydrogen-bond donors (Lipinski definition) is 2. The molecule has 6 nitrogen and oxygen atoms in total. The van der Waals surface area contributed by atoms with E-state index in [2.05, 4.69) is 15.3 Å². The maximum atomic E-state index is 12.2. The number of anilines is 1. The zero-order valence-corrected chi connectivity index (χ0v) is 13.3. The molecule has 2 aromatic carbocycles. The van der Waals surface area contributed by atoms with Crippen LogP contribution in [0.2, 0.25) is 0 Å². The Kier molecular flexibility index (Phi) is 3.78. The summed E-state index contributed by atoms with van der Waals surface area (Å²) in [5.41, 5.74) is 2.77. The summed E-state index contributed by atoms with van der Waals surface area (Å²) in [6, 6.07) is 14.1. The Morgan fingerprint density at radius 1 is 1.16 bits per heavy atom. The zero-order valence-electron chi connectivity index (χ0n) is 13.3. The third kappa shape index (κ3) is 3.14. The average Bonchev–Trinajstić information content (AvgIpc) is 3.04. The number of hydrogen-bond acceptors (Lipinski definition) is 4. The highest BCUT2D eigenvalue weighted by molar-refractivity contribution is 5.93. The molecule has 2 aromatic heterocycles. The summed E-state index contributed by atoms with van der Waals surface area (Å²) in [4.78, 5) is 31.7. The van der Waals surface area contributed by atoms with Crippen molar-refractivity contribution in [2.45, 2.75) is 12.8 Å². The fourth-order valence-corrected chi connectivity index (χ4v) is 2.74. The van der Waals surface area contributed by atoms with Gasteiger partial charge in [-0.1, -0.05) is 12.1 Å². The summed E-state index contributed by atoms with van der Waals surface area (Å²) in [7, 11) is 0. The van der Waals surface area contributed by atoms with Crippen LogP contribution in [0.5, 0.6) is 0 Å². The van der Waals surface area contributed by atoms with Crippen molar-refractivity contribution in [3.63, 3.8) is 0 Å². The number of para-hydroxylation sites is 2. The normalized spacial score (nSPS) is 11.0. The lowest BCUT2D eigenvalue weighted by Crippen LogP contribution is -2.13. The number of benzene rings is 2. The Bertz CT molecular complexity index is 1090. The second-order valence-electron chi connectivity index (χ2n) is 5.74. The van der Waals surface area contributed by atoms with Crippen LogP contribution in [0.4, 0.5) is 5.69 Å². The Balaban J connectivity index is 1.45. The van der Waals surface area contributed by atoms with Gasteiger partial charge in [0.15, 0.2) is 5.43 Å². The quantitative estimate of drug-likeness (QED) is 0.600. The lowest BCUT2D eigenvalue weighted by Gasteiger charge is -2.05. The van der Waals surface area contributed by atoms with Gasteiger partial charge in [-0.15, -0.1) is 0 Å². The van der Waals surface area contributed by atoms with E-state index in [4.69, 9.17) is 4.42 Å². The van der Waals surface area contributed by atoms with Crippen molar-refractivity contribution in [3.8, 4) is 0 Å². The number of nitrogens with zero attached hydrogens (tertiary/aromatic N) is 1. The van der Waals surface area contributed by atoms with Gasteiger partial charge in [0.2, 0.25) is 5.91 Å². The minimum Gasteiger partial charge on any atom is -0.464 e. The van der Waals surface area contributed by atoms with Crippen LogP contribution in [0.15, 0.2) is 64.0 Å². The standard InChI is InChI=1S/C19H15N3O3/c23-16-9-10-25-17-6-5-12(11-13(16)17)20-19(24)8-7-18-21-14-3-1-2-4-15(14)22-18/h1-6,9-11H,7-8H2,(H,20,24)(H,21,22). The molecule has 2 N–H and O–H groups in total. The van der Waals surface area contributed by atoms with Crippen molar-refractivity contribution in [2.75, 3.05) is 5.32 Å². The van der Waals surface area contributed by atoms with Crippen LogP contribution in [0, 0.1) is 0 Å². The highest BCUT2D eigenvalue weighted by Gasteiger charge is 2.08. The number of aryl methyl sites for hydroxylation is 1. The third-order valence-electron chi connectivity index (χ3n) is 3.97. The highest BCUT2D eigenvalue weighted by Crippen LogP contribution is 2.17. The molecule has 0 saturated heterocycles. The number of H-pyrrole nitrogens is 1. The maximum Gasteiger partial charge on any atom is 0.224 e. The van der Waals surface area contributed by atoms with Gasteiger partial charge in [-0.3, -0.25) is 9.59 Å². The van der Waals surface area contributed by atoms with E-state index in [1.54, 1.807) is 18.2 Å². The lowest BCUT2D eigenvalue weighted by atomic mass is 10.2. The van der Waals surface area contributed by atoms with Crippen molar-refractivity contribution in [1.82, 2.24) is 9.97 Å². The van der Waals surface area contributed by atoms with Gasteiger partial charge in [-0.2, -0.15) is 0 Å². The summed E-state index contributed by atoms with van der Waals surface area (Å²) in [6.45, 7) is 0. The number of fused-ring (bicyclic) bond motifs is 2. The molecular weight excluding hydrogens is 318 g/mol. The van der Waals surface area contributed by atoms with Crippen molar-refractivity contribution < 1.29 is 9.21 Å². The predicted molar refractivity (Wildman–Crippen MR) is 95.5 cm³/mol. The molecule has 0 aliphatic rings. The van der Waals surface area contributed by atoms with Gasteiger partial charge in [-0.05, 0) is 30.3 Å². The van der Waals surface area contributed by atoms with E-state index in [1.165, 1.54) is 12.3 Å². The van der Waals surface area contributed by atoms with E-state index >= 15 is 0 Å². The first-order valence-corrected chi connectivity index (χ1v) is 7.94. The van der Waals surface area contributed by atoms with Crippen molar-refractivity contribution in [1.29, 1.82) is 0 Å². The monoisotopic (exact) mass is 333 g/mol. The van der Waals surface area contributed by atoms with Gasteiger partial charge in [0.25, 0.3) is 0 Å². The molecule has 1 amide bonds. The fourth-order valence-electron chi connectivity index (χ4n) is 2.74. The van der Waals surface area contributed by atoms with Gasteiger partial charge < -0.3 is 14.7 Å². The first-order valence-electron chi connectivity index (χ1n) is 7.94. The topological polar surface area (TPSA) is 88.0 Å². The number of amides is 1. The predicted octanol–water partition coefficient (Wildman–Crippen LogP) is 3.24. The van der Waals surface area contributed by atoms with Crippen LogP contribution in [-0.2, 0) is 11.2 Å². The third-order valence-corrected chi connectivity index (χ3v) is 3.97. The number of rotatable bonds is 4. The van der Waals surface area contributed by atoms with E-state index < -0.39 is 0 Å². The minimum atomic E-state index is -0.139. The van der Waals surface area contributed by atoms with Crippen molar-refractivity contribution in [2.24, 2.45) is 0 Å². The summed E-state index contributed by atoms with van der Waals surface area (Å²) >= 11 is 0. The van der Waals surface area contributed by atoms with Crippen LogP contribution in [0.3, 0.4) is 0 Å². The maximum absolute atomic E-state index is 12.2. The molecule has 0 fully saturated rings. The highest BCUT2D eigenvalue weighted by atomic mass is 16.3. The fraction of sp³-hybridized carbons (Fsp3) is 0.105. The van der Waals surface area contributed by atoms with Gasteiger partial charge in [0.1, 0.15) is 11.4 Å². The minimum absolute atomic E-state index is 0.139. The van der Waals surface area contributed by atoms with Crippen molar-refractivity contribution in [3.05, 3.63) is 70.8 Å². The molecule has 4 rings (SSSR count). The molecule has 4 aromatic rings. The van der Waals surface area contributed by atoms with Crippen LogP contribution < -0.4 is 10.7 Å². The molecule has 0 spiro atoms. The molecule has 0 saturated carbocycles. The Morgan fingerprint density at radius 3 is 2.92 bits per heavy atom. The van der Waals surface area contributed by atoms with Gasteiger partial charge in [-0.25, -0.2) is 4.98 Å². The lowest BCUT2D eigenvalue weighted by molar-refractivity contribution is -0.116. The Hall–Kier alpha value is -3.41. The summed E-state index contributed by atoms with van der Waals surface area (Å²) in [6.07, 6.45) is 2.16. The Labute approximate surface area is 142 Å². The van der Waals surface area contributed by atoms with E-state index in [0.29, 0.717) is 29.5 Å². The molecule has 124 valence electrons. The zero-order chi connectivity index (χ0) is 17.2.